The lowest BCUT2D eigenvalue weighted by molar-refractivity contribution is -0.161. The van der Waals surface area contributed by atoms with Crippen LogP contribution in [0.15, 0.2) is 0 Å². The molecule has 0 saturated carbocycles. The number of phosphoric ester groups is 2. The number of carbonyl (C=O) groups is 4. The standard InChI is InChI=1S/C82H160O17P2/c1-72(2)58-50-42-34-28-22-16-11-9-10-12-19-25-31-37-46-54-62-79(84)92-68-77(98-81(86)65-57-49-39-33-27-21-15-18-24-30-36-44-52-60-74(5)6)70-96-100(88,89)94-66-76(83)67-95-101(90,91)97-71-78(69-93-80(85)63-55-47-41-40-45-53-61-75(7)8)99-82(87)64-56-48-38-32-26-20-14-13-17-23-29-35-43-51-59-73(3)4/h72-78,83H,9-71H2,1-8H3,(H,88,89)(H,90,91)/t76?,77-,78-/m1/s1. The molecular formula is C82H160O17P2. The van der Waals surface area contributed by atoms with Crippen LogP contribution >= 0.6 is 15.6 Å². The molecule has 0 aliphatic carbocycles. The quantitative estimate of drug-likeness (QED) is 0.0222. The number of rotatable bonds is 79. The van der Waals surface area contributed by atoms with Crippen molar-refractivity contribution < 1.29 is 80.2 Å². The molecule has 5 atom stereocenters. The van der Waals surface area contributed by atoms with Crippen LogP contribution in [0, 0.1) is 23.7 Å². The van der Waals surface area contributed by atoms with E-state index in [9.17, 15) is 43.2 Å². The van der Waals surface area contributed by atoms with Crippen molar-refractivity contribution in [2.75, 3.05) is 39.6 Å². The predicted octanol–water partition coefficient (Wildman–Crippen LogP) is 24.4. The second-order valence-electron chi connectivity index (χ2n) is 31.4. The molecule has 0 fully saturated rings. The summed E-state index contributed by atoms with van der Waals surface area (Å²) in [6, 6.07) is 0. The second kappa shape index (κ2) is 71.0. The maximum Gasteiger partial charge on any atom is 0.472 e. The summed E-state index contributed by atoms with van der Waals surface area (Å²) in [6.45, 7) is 14.2. The molecule has 0 rings (SSSR count). The van der Waals surface area contributed by atoms with Gasteiger partial charge >= 0.3 is 39.5 Å². The van der Waals surface area contributed by atoms with Crippen LogP contribution in [-0.2, 0) is 65.4 Å². The number of unbranched alkanes of at least 4 members (excludes halogenated alkanes) is 45. The number of ether oxygens (including phenoxy) is 4. The zero-order valence-corrected chi connectivity index (χ0v) is 68.3. The third-order valence-electron chi connectivity index (χ3n) is 19.1. The van der Waals surface area contributed by atoms with Gasteiger partial charge in [-0.1, -0.05) is 370 Å². The Balaban J connectivity index is 5.22. The van der Waals surface area contributed by atoms with E-state index in [1.807, 2.05) is 0 Å². The largest absolute Gasteiger partial charge is 0.472 e. The Hall–Kier alpha value is -1.94. The molecule has 3 N–H and O–H groups in total. The highest BCUT2D eigenvalue weighted by Crippen LogP contribution is 2.45. The van der Waals surface area contributed by atoms with E-state index in [1.54, 1.807) is 0 Å². The maximum atomic E-state index is 13.1. The Morgan fingerprint density at radius 1 is 0.248 bits per heavy atom. The molecule has 0 aliphatic heterocycles. The number of aliphatic hydroxyl groups excluding tert-OH is 1. The summed E-state index contributed by atoms with van der Waals surface area (Å²) in [7, 11) is -9.92. The average Bonchev–Trinajstić information content (AvgIpc) is 0.954. The van der Waals surface area contributed by atoms with Gasteiger partial charge in [-0.25, -0.2) is 9.13 Å². The fraction of sp³-hybridized carbons (Fsp3) is 0.951. The first-order valence-electron chi connectivity index (χ1n) is 42.2. The Labute approximate surface area is 619 Å². The van der Waals surface area contributed by atoms with Crippen molar-refractivity contribution in [2.24, 2.45) is 23.7 Å². The number of carbonyl (C=O) groups excluding carboxylic acids is 4. The molecule has 0 amide bonds. The van der Waals surface area contributed by atoms with Gasteiger partial charge < -0.3 is 33.8 Å². The van der Waals surface area contributed by atoms with Gasteiger partial charge in [0.25, 0.3) is 0 Å². The summed E-state index contributed by atoms with van der Waals surface area (Å²) in [6.07, 6.45) is 58.4. The van der Waals surface area contributed by atoms with Crippen molar-refractivity contribution in [1.29, 1.82) is 0 Å². The molecule has 0 aromatic heterocycles. The van der Waals surface area contributed by atoms with Gasteiger partial charge in [0.05, 0.1) is 26.4 Å². The van der Waals surface area contributed by atoms with E-state index in [0.717, 1.165) is 114 Å². The van der Waals surface area contributed by atoms with Crippen LogP contribution in [0.1, 0.15) is 421 Å². The van der Waals surface area contributed by atoms with E-state index in [1.165, 1.54) is 218 Å². The van der Waals surface area contributed by atoms with Crippen molar-refractivity contribution in [1.82, 2.24) is 0 Å². The Morgan fingerprint density at radius 3 is 0.614 bits per heavy atom. The lowest BCUT2D eigenvalue weighted by Gasteiger charge is -2.21. The van der Waals surface area contributed by atoms with E-state index in [4.69, 9.17) is 37.0 Å². The number of phosphoric acid groups is 2. The third kappa shape index (κ3) is 76.1. The van der Waals surface area contributed by atoms with Crippen molar-refractivity contribution in [2.45, 2.75) is 440 Å². The Kier molecular flexibility index (Phi) is 69.6. The molecule has 0 aromatic carbocycles. The molecule has 101 heavy (non-hydrogen) atoms. The number of esters is 4. The van der Waals surface area contributed by atoms with Gasteiger partial charge in [0, 0.05) is 25.7 Å². The fourth-order valence-electron chi connectivity index (χ4n) is 12.6. The molecule has 0 radical (unpaired) electrons. The monoisotopic (exact) mass is 1480 g/mol. The van der Waals surface area contributed by atoms with E-state index >= 15 is 0 Å². The molecule has 0 bridgehead atoms. The topological polar surface area (TPSA) is 237 Å². The van der Waals surface area contributed by atoms with Crippen LogP contribution in [0.5, 0.6) is 0 Å². The minimum absolute atomic E-state index is 0.106. The number of aliphatic hydroxyl groups is 1. The second-order valence-corrected chi connectivity index (χ2v) is 34.3. The summed E-state index contributed by atoms with van der Waals surface area (Å²) in [4.78, 5) is 73.0. The maximum absolute atomic E-state index is 13.1. The van der Waals surface area contributed by atoms with Gasteiger partial charge in [-0.05, 0) is 49.4 Å². The van der Waals surface area contributed by atoms with Crippen molar-refractivity contribution >= 4 is 39.5 Å². The van der Waals surface area contributed by atoms with Crippen LogP contribution < -0.4 is 0 Å². The Bertz CT molecular complexity index is 1970. The van der Waals surface area contributed by atoms with Crippen LogP contribution in [0.2, 0.25) is 0 Å². The molecule has 600 valence electrons. The first-order valence-corrected chi connectivity index (χ1v) is 45.2. The molecule has 0 aliphatic rings. The summed E-state index contributed by atoms with van der Waals surface area (Å²) in [5.74, 6) is 0.959. The fourth-order valence-corrected chi connectivity index (χ4v) is 14.2. The minimum atomic E-state index is -4.96. The highest BCUT2D eigenvalue weighted by atomic mass is 31.2. The molecule has 3 unspecified atom stereocenters. The summed E-state index contributed by atoms with van der Waals surface area (Å²) in [5, 5.41) is 10.6. The first kappa shape index (κ1) is 99.1. The van der Waals surface area contributed by atoms with E-state index in [2.05, 4.69) is 55.4 Å². The molecule has 0 spiro atoms. The van der Waals surface area contributed by atoms with Gasteiger partial charge in [0.2, 0.25) is 0 Å². The summed E-state index contributed by atoms with van der Waals surface area (Å²) in [5.41, 5.74) is 0. The van der Waals surface area contributed by atoms with E-state index < -0.39 is 97.5 Å². The first-order chi connectivity index (χ1) is 48.6. The predicted molar refractivity (Wildman–Crippen MR) is 414 cm³/mol. The van der Waals surface area contributed by atoms with E-state index in [-0.39, 0.29) is 25.7 Å². The van der Waals surface area contributed by atoms with Gasteiger partial charge in [-0.15, -0.1) is 0 Å². The Morgan fingerprint density at radius 2 is 0.416 bits per heavy atom. The van der Waals surface area contributed by atoms with Crippen LogP contribution in [0.4, 0.5) is 0 Å². The van der Waals surface area contributed by atoms with Crippen molar-refractivity contribution in [3.05, 3.63) is 0 Å². The zero-order valence-electron chi connectivity index (χ0n) is 66.5. The molecule has 0 heterocycles. The smallest absolute Gasteiger partial charge is 0.462 e. The highest BCUT2D eigenvalue weighted by Gasteiger charge is 2.30. The summed E-state index contributed by atoms with van der Waals surface area (Å²) < 4.78 is 68.7. The number of hydrogen-bond acceptors (Lipinski definition) is 15. The lowest BCUT2D eigenvalue weighted by atomic mass is 10.0. The highest BCUT2D eigenvalue weighted by molar-refractivity contribution is 7.47. The normalized spacial score (nSPS) is 14.0. The van der Waals surface area contributed by atoms with Gasteiger partial charge in [-0.3, -0.25) is 37.3 Å². The van der Waals surface area contributed by atoms with Crippen LogP contribution in [-0.4, -0.2) is 96.7 Å². The molecule has 0 saturated heterocycles. The van der Waals surface area contributed by atoms with Gasteiger partial charge in [0.15, 0.2) is 12.2 Å². The van der Waals surface area contributed by atoms with Crippen LogP contribution in [0.25, 0.3) is 0 Å². The van der Waals surface area contributed by atoms with Crippen molar-refractivity contribution in [3.8, 4) is 0 Å². The molecular weight excluding hydrogens is 1320 g/mol. The SMILES string of the molecule is CC(C)CCCCCCCCCCCCCCCCCCC(=O)OC[C@H](COP(=O)(O)OCC(O)COP(=O)(O)OC[C@@H](COC(=O)CCCCCCCCC(C)C)OC(=O)CCCCCCCCCCCCCCCCC(C)C)OC(=O)CCCCCCCCCCCCCCCC(C)C. The van der Waals surface area contributed by atoms with Crippen LogP contribution in [0.3, 0.4) is 0 Å². The third-order valence-corrected chi connectivity index (χ3v) is 21.0. The molecule has 17 nitrogen and oxygen atoms in total. The van der Waals surface area contributed by atoms with Gasteiger partial charge in [-0.2, -0.15) is 0 Å². The number of hydrogen-bond donors (Lipinski definition) is 3. The molecule has 0 aromatic rings. The minimum Gasteiger partial charge on any atom is -0.462 e. The lowest BCUT2D eigenvalue weighted by Crippen LogP contribution is -2.30. The summed E-state index contributed by atoms with van der Waals surface area (Å²) >= 11 is 0. The molecule has 19 heteroatoms. The average molecular weight is 1480 g/mol. The zero-order chi connectivity index (χ0) is 74.6. The van der Waals surface area contributed by atoms with E-state index in [0.29, 0.717) is 31.6 Å². The van der Waals surface area contributed by atoms with Gasteiger partial charge in [0.1, 0.15) is 19.3 Å². The van der Waals surface area contributed by atoms with Crippen molar-refractivity contribution in [3.63, 3.8) is 0 Å².